The van der Waals surface area contributed by atoms with Crippen LogP contribution in [0.2, 0.25) is 0 Å². The molecule has 1 aliphatic carbocycles. The molecule has 3 atom stereocenters. The number of hydrogen-bond acceptors (Lipinski definition) is 5. The molecule has 20 heavy (non-hydrogen) atoms. The van der Waals surface area contributed by atoms with Crippen molar-refractivity contribution in [2.45, 2.75) is 31.5 Å². The third kappa shape index (κ3) is 2.27. The Bertz CT molecular complexity index is 603. The molecule has 5 nitrogen and oxygen atoms in total. The van der Waals surface area contributed by atoms with E-state index in [0.717, 1.165) is 12.3 Å². The highest BCUT2D eigenvalue weighted by molar-refractivity contribution is 5.22. The summed E-state index contributed by atoms with van der Waals surface area (Å²) in [4.78, 5) is 4.34. The third-order valence-electron chi connectivity index (χ3n) is 3.84. The largest absolute Gasteiger partial charge is 0.485 e. The summed E-state index contributed by atoms with van der Waals surface area (Å²) in [6, 6.07) is 6.68. The van der Waals surface area contributed by atoms with Gasteiger partial charge in [-0.2, -0.15) is 4.98 Å². The van der Waals surface area contributed by atoms with Crippen LogP contribution in [0.25, 0.3) is 0 Å². The molecule has 104 valence electrons. The van der Waals surface area contributed by atoms with Gasteiger partial charge in [-0.25, -0.2) is 4.39 Å². The minimum absolute atomic E-state index is 0.186. The van der Waals surface area contributed by atoms with Crippen LogP contribution in [0.3, 0.4) is 0 Å². The summed E-state index contributed by atoms with van der Waals surface area (Å²) < 4.78 is 23.5. The number of benzene rings is 1. The van der Waals surface area contributed by atoms with E-state index < -0.39 is 0 Å². The van der Waals surface area contributed by atoms with E-state index >= 15 is 0 Å². The molecular weight excluding hydrogens is 261 g/mol. The van der Waals surface area contributed by atoms with Crippen molar-refractivity contribution in [3.05, 3.63) is 41.8 Å². The molecule has 0 unspecified atom stereocenters. The fourth-order valence-electron chi connectivity index (χ4n) is 2.66. The van der Waals surface area contributed by atoms with Crippen LogP contribution in [0.5, 0.6) is 5.75 Å². The van der Waals surface area contributed by atoms with Crippen LogP contribution >= 0.6 is 0 Å². The molecule has 2 aromatic rings. The summed E-state index contributed by atoms with van der Waals surface area (Å²) in [5.74, 6) is 2.22. The minimum atomic E-state index is -0.287. The van der Waals surface area contributed by atoms with Gasteiger partial charge in [-0.1, -0.05) is 5.16 Å². The Kier molecular flexibility index (Phi) is 2.70. The lowest BCUT2D eigenvalue weighted by Gasteiger charge is -2.06. The maximum Gasteiger partial charge on any atom is 0.243 e. The third-order valence-corrected chi connectivity index (χ3v) is 3.84. The van der Waals surface area contributed by atoms with Crippen LogP contribution < -0.4 is 10.1 Å². The first-order valence-corrected chi connectivity index (χ1v) is 6.75. The number of piperidine rings is 1. The Morgan fingerprint density at radius 2 is 2.15 bits per heavy atom. The van der Waals surface area contributed by atoms with Crippen LogP contribution in [-0.4, -0.2) is 16.2 Å². The second kappa shape index (κ2) is 4.56. The van der Waals surface area contributed by atoms with Crippen LogP contribution in [-0.2, 0) is 6.61 Å². The highest BCUT2D eigenvalue weighted by Crippen LogP contribution is 2.45. The molecular formula is C14H14FN3O2. The highest BCUT2D eigenvalue weighted by atomic mass is 19.1. The van der Waals surface area contributed by atoms with E-state index in [-0.39, 0.29) is 18.5 Å². The molecule has 1 aliphatic heterocycles. The molecule has 1 aromatic carbocycles. The number of aromatic nitrogens is 2. The molecule has 2 fully saturated rings. The van der Waals surface area contributed by atoms with Crippen LogP contribution in [0.1, 0.15) is 30.6 Å². The number of hydrogen-bond donors (Lipinski definition) is 1. The van der Waals surface area contributed by atoms with Crippen molar-refractivity contribution in [1.29, 1.82) is 0 Å². The second-order valence-electron chi connectivity index (χ2n) is 5.35. The molecule has 1 saturated carbocycles. The van der Waals surface area contributed by atoms with Crippen molar-refractivity contribution < 1.29 is 13.7 Å². The summed E-state index contributed by atoms with van der Waals surface area (Å²) in [7, 11) is 0. The molecule has 0 radical (unpaired) electrons. The lowest BCUT2D eigenvalue weighted by atomic mass is 10.2. The van der Waals surface area contributed by atoms with Gasteiger partial charge in [0.05, 0.1) is 6.04 Å². The summed E-state index contributed by atoms with van der Waals surface area (Å²) in [6.07, 6.45) is 2.34. The zero-order valence-electron chi connectivity index (χ0n) is 10.8. The maximum atomic E-state index is 12.8. The summed E-state index contributed by atoms with van der Waals surface area (Å²) in [5, 5.41) is 7.37. The first kappa shape index (κ1) is 11.8. The Labute approximate surface area is 115 Å². The Balaban J connectivity index is 1.37. The molecule has 2 heterocycles. The van der Waals surface area contributed by atoms with Gasteiger partial charge < -0.3 is 14.6 Å². The monoisotopic (exact) mass is 275 g/mol. The molecule has 0 bridgehead atoms. The van der Waals surface area contributed by atoms with Gasteiger partial charge >= 0.3 is 0 Å². The van der Waals surface area contributed by atoms with Gasteiger partial charge in [0.1, 0.15) is 11.6 Å². The minimum Gasteiger partial charge on any atom is -0.485 e. The molecule has 1 saturated heterocycles. The molecule has 1 aromatic heterocycles. The molecule has 0 spiro atoms. The van der Waals surface area contributed by atoms with E-state index in [1.54, 1.807) is 12.1 Å². The van der Waals surface area contributed by atoms with E-state index in [1.807, 2.05) is 0 Å². The van der Waals surface area contributed by atoms with E-state index in [4.69, 9.17) is 9.26 Å². The van der Waals surface area contributed by atoms with E-state index in [0.29, 0.717) is 23.5 Å². The Morgan fingerprint density at radius 1 is 1.30 bits per heavy atom. The van der Waals surface area contributed by atoms with Gasteiger partial charge in [-0.3, -0.25) is 0 Å². The van der Waals surface area contributed by atoms with E-state index in [1.165, 1.54) is 18.6 Å². The van der Waals surface area contributed by atoms with Crippen molar-refractivity contribution in [2.75, 3.05) is 0 Å². The van der Waals surface area contributed by atoms with Crippen molar-refractivity contribution in [3.8, 4) is 5.75 Å². The zero-order chi connectivity index (χ0) is 13.5. The molecule has 4 rings (SSSR count). The zero-order valence-corrected chi connectivity index (χ0v) is 10.8. The quantitative estimate of drug-likeness (QED) is 0.927. The van der Waals surface area contributed by atoms with E-state index in [9.17, 15) is 4.39 Å². The van der Waals surface area contributed by atoms with Crippen molar-refractivity contribution in [1.82, 2.24) is 15.5 Å². The molecule has 6 heteroatoms. The SMILES string of the molecule is Fc1ccc(OCc2noc([C@@H]3C[C@H]4C[C@H]4N3)n2)cc1. The predicted octanol–water partition coefficient (Wildman–Crippen LogP) is 2.21. The van der Waals surface area contributed by atoms with Gasteiger partial charge in [0.15, 0.2) is 6.61 Å². The fourth-order valence-corrected chi connectivity index (χ4v) is 2.66. The van der Waals surface area contributed by atoms with Gasteiger partial charge in [0.2, 0.25) is 11.7 Å². The highest BCUT2D eigenvalue weighted by Gasteiger charge is 2.47. The molecule has 2 aliphatic rings. The smallest absolute Gasteiger partial charge is 0.243 e. The lowest BCUT2D eigenvalue weighted by molar-refractivity contribution is 0.282. The van der Waals surface area contributed by atoms with Crippen LogP contribution in [0, 0.1) is 11.7 Å². The summed E-state index contributed by atoms with van der Waals surface area (Å²) in [6.45, 7) is 0.217. The number of rotatable bonds is 4. The number of ether oxygens (including phenoxy) is 1. The molecule has 1 N–H and O–H groups in total. The van der Waals surface area contributed by atoms with Gasteiger partial charge in [0, 0.05) is 6.04 Å². The number of fused-ring (bicyclic) bond motifs is 1. The van der Waals surface area contributed by atoms with Crippen molar-refractivity contribution >= 4 is 0 Å². The predicted molar refractivity (Wildman–Crippen MR) is 67.4 cm³/mol. The van der Waals surface area contributed by atoms with Crippen LogP contribution in [0.4, 0.5) is 4.39 Å². The number of halogens is 1. The average molecular weight is 275 g/mol. The molecule has 0 amide bonds. The Hall–Kier alpha value is -1.95. The van der Waals surface area contributed by atoms with E-state index in [2.05, 4.69) is 15.5 Å². The van der Waals surface area contributed by atoms with Gasteiger partial charge in [-0.15, -0.1) is 0 Å². The van der Waals surface area contributed by atoms with Gasteiger partial charge in [-0.05, 0) is 43.0 Å². The lowest BCUT2D eigenvalue weighted by Crippen LogP contribution is -2.18. The van der Waals surface area contributed by atoms with Gasteiger partial charge in [0.25, 0.3) is 0 Å². The first-order chi connectivity index (χ1) is 9.78. The normalized spacial score (nSPS) is 27.4. The summed E-state index contributed by atoms with van der Waals surface area (Å²) >= 11 is 0. The fraction of sp³-hybridized carbons (Fsp3) is 0.429. The first-order valence-electron chi connectivity index (χ1n) is 6.75. The summed E-state index contributed by atoms with van der Waals surface area (Å²) in [5.41, 5.74) is 0. The van der Waals surface area contributed by atoms with Crippen molar-refractivity contribution in [2.24, 2.45) is 5.92 Å². The average Bonchev–Trinajstić information content (AvgIpc) is 2.91. The standard InChI is InChI=1S/C14H14FN3O2/c15-9-1-3-10(4-2-9)19-7-13-17-14(20-18-13)12-6-8-5-11(8)16-12/h1-4,8,11-12,16H,5-7H2/t8-,11-,12+/m1/s1. The number of nitrogens with zero attached hydrogens (tertiary/aromatic N) is 2. The van der Waals surface area contributed by atoms with Crippen molar-refractivity contribution in [3.63, 3.8) is 0 Å². The van der Waals surface area contributed by atoms with Crippen LogP contribution in [0.15, 0.2) is 28.8 Å². The second-order valence-corrected chi connectivity index (χ2v) is 5.35. The number of nitrogens with one attached hydrogen (secondary N) is 1. The maximum absolute atomic E-state index is 12.8. The topological polar surface area (TPSA) is 60.2 Å². The Morgan fingerprint density at radius 3 is 2.90 bits per heavy atom.